The SMILES string of the molecule is CCN1CCC(=O)/C(=C/c2ccc(N(C)C)cc2)C1. The van der Waals surface area contributed by atoms with Crippen LogP contribution < -0.4 is 4.90 Å². The molecule has 0 aromatic heterocycles. The lowest BCUT2D eigenvalue weighted by Crippen LogP contribution is -2.35. The van der Waals surface area contributed by atoms with Crippen molar-refractivity contribution in [2.24, 2.45) is 0 Å². The highest BCUT2D eigenvalue weighted by Gasteiger charge is 2.19. The van der Waals surface area contributed by atoms with Crippen molar-refractivity contribution in [2.45, 2.75) is 13.3 Å². The summed E-state index contributed by atoms with van der Waals surface area (Å²) in [6.45, 7) is 4.82. The molecular weight excluding hydrogens is 236 g/mol. The molecule has 0 spiro atoms. The number of nitrogens with zero attached hydrogens (tertiary/aromatic N) is 2. The minimum atomic E-state index is 0.293. The summed E-state index contributed by atoms with van der Waals surface area (Å²) in [5, 5.41) is 0. The van der Waals surface area contributed by atoms with Gasteiger partial charge in [0.15, 0.2) is 5.78 Å². The van der Waals surface area contributed by atoms with Gasteiger partial charge >= 0.3 is 0 Å². The predicted molar refractivity (Wildman–Crippen MR) is 80.5 cm³/mol. The lowest BCUT2D eigenvalue weighted by Gasteiger charge is -2.26. The summed E-state index contributed by atoms with van der Waals surface area (Å²) in [5.41, 5.74) is 3.21. The average Bonchev–Trinajstić information content (AvgIpc) is 2.42. The first kappa shape index (κ1) is 13.8. The molecule has 3 heteroatoms. The molecule has 0 amide bonds. The van der Waals surface area contributed by atoms with E-state index in [0.29, 0.717) is 12.2 Å². The Labute approximate surface area is 115 Å². The molecule has 0 unspecified atom stereocenters. The molecule has 0 saturated carbocycles. The largest absolute Gasteiger partial charge is 0.378 e. The minimum absolute atomic E-state index is 0.293. The van der Waals surface area contributed by atoms with Crippen LogP contribution >= 0.6 is 0 Å². The molecule has 1 fully saturated rings. The van der Waals surface area contributed by atoms with Gasteiger partial charge in [-0.2, -0.15) is 0 Å². The van der Waals surface area contributed by atoms with E-state index in [-0.39, 0.29) is 0 Å². The summed E-state index contributed by atoms with van der Waals surface area (Å²) in [6.07, 6.45) is 2.68. The van der Waals surface area contributed by atoms with E-state index in [1.165, 1.54) is 5.69 Å². The van der Waals surface area contributed by atoms with Gasteiger partial charge < -0.3 is 4.90 Å². The molecule has 2 rings (SSSR count). The van der Waals surface area contributed by atoms with Gasteiger partial charge in [-0.15, -0.1) is 0 Å². The standard InChI is InChI=1S/C16H22N2O/c1-4-18-10-9-16(19)14(12-18)11-13-5-7-15(8-6-13)17(2)3/h5-8,11H,4,9-10,12H2,1-3H3/b14-11+. The Bertz CT molecular complexity index is 474. The normalized spacial score (nSPS) is 18.9. The van der Waals surface area contributed by atoms with Crippen LogP contribution in [0.1, 0.15) is 18.9 Å². The van der Waals surface area contributed by atoms with Crippen molar-refractivity contribution in [3.8, 4) is 0 Å². The molecule has 0 bridgehead atoms. The quantitative estimate of drug-likeness (QED) is 0.778. The first-order valence-corrected chi connectivity index (χ1v) is 6.83. The summed E-state index contributed by atoms with van der Waals surface area (Å²) in [7, 11) is 4.05. The van der Waals surface area contributed by atoms with E-state index < -0.39 is 0 Å². The number of hydrogen-bond donors (Lipinski definition) is 0. The molecule has 102 valence electrons. The summed E-state index contributed by atoms with van der Waals surface area (Å²) < 4.78 is 0. The van der Waals surface area contributed by atoms with Crippen LogP contribution in [0.3, 0.4) is 0 Å². The molecule has 3 nitrogen and oxygen atoms in total. The van der Waals surface area contributed by atoms with Crippen LogP contribution in [-0.2, 0) is 4.79 Å². The number of piperidine rings is 1. The van der Waals surface area contributed by atoms with Crippen LogP contribution in [0, 0.1) is 0 Å². The summed E-state index contributed by atoms with van der Waals surface area (Å²) in [5.74, 6) is 0.293. The van der Waals surface area contributed by atoms with E-state index in [9.17, 15) is 4.79 Å². The van der Waals surface area contributed by atoms with E-state index in [0.717, 1.165) is 30.8 Å². The van der Waals surface area contributed by atoms with Gasteiger partial charge in [0.1, 0.15) is 0 Å². The smallest absolute Gasteiger partial charge is 0.161 e. The van der Waals surface area contributed by atoms with Gasteiger partial charge in [-0.1, -0.05) is 19.1 Å². The summed E-state index contributed by atoms with van der Waals surface area (Å²) in [6, 6.07) is 8.30. The average molecular weight is 258 g/mol. The van der Waals surface area contributed by atoms with Gasteiger partial charge in [0.2, 0.25) is 0 Å². The number of carbonyl (C=O) groups is 1. The zero-order valence-corrected chi connectivity index (χ0v) is 12.0. The predicted octanol–water partition coefficient (Wildman–Crippen LogP) is 2.43. The number of carbonyl (C=O) groups excluding carboxylic acids is 1. The molecule has 1 saturated heterocycles. The highest BCUT2D eigenvalue weighted by molar-refractivity contribution is 6.00. The molecule has 0 radical (unpaired) electrons. The molecule has 1 aromatic rings. The maximum atomic E-state index is 11.9. The highest BCUT2D eigenvalue weighted by atomic mass is 16.1. The van der Waals surface area contributed by atoms with E-state index in [2.05, 4.69) is 41.0 Å². The molecule has 1 aliphatic rings. The van der Waals surface area contributed by atoms with Crippen molar-refractivity contribution >= 4 is 17.5 Å². The second-order valence-corrected chi connectivity index (χ2v) is 5.20. The Morgan fingerprint density at radius 2 is 1.95 bits per heavy atom. The fourth-order valence-corrected chi connectivity index (χ4v) is 2.29. The number of anilines is 1. The van der Waals surface area contributed by atoms with E-state index >= 15 is 0 Å². The van der Waals surface area contributed by atoms with Gasteiger partial charge in [-0.05, 0) is 30.3 Å². The number of rotatable bonds is 3. The molecular formula is C16H22N2O. The third-order valence-corrected chi connectivity index (χ3v) is 3.60. The zero-order valence-electron chi connectivity index (χ0n) is 12.0. The number of hydrogen-bond acceptors (Lipinski definition) is 3. The third-order valence-electron chi connectivity index (χ3n) is 3.60. The van der Waals surface area contributed by atoms with Gasteiger partial charge in [0.25, 0.3) is 0 Å². The second kappa shape index (κ2) is 6.02. The van der Waals surface area contributed by atoms with Crippen molar-refractivity contribution in [2.75, 3.05) is 38.6 Å². The Kier molecular flexibility index (Phi) is 4.38. The van der Waals surface area contributed by atoms with Gasteiger partial charge in [-0.3, -0.25) is 9.69 Å². The van der Waals surface area contributed by atoms with Crippen LogP contribution in [0.4, 0.5) is 5.69 Å². The van der Waals surface area contributed by atoms with Crippen LogP contribution in [0.25, 0.3) is 6.08 Å². The summed E-state index contributed by atoms with van der Waals surface area (Å²) in [4.78, 5) is 16.3. The van der Waals surface area contributed by atoms with Crippen molar-refractivity contribution < 1.29 is 4.79 Å². The molecule has 1 aromatic carbocycles. The fourth-order valence-electron chi connectivity index (χ4n) is 2.29. The van der Waals surface area contributed by atoms with Gasteiger partial charge in [-0.25, -0.2) is 0 Å². The zero-order chi connectivity index (χ0) is 13.8. The van der Waals surface area contributed by atoms with Crippen LogP contribution in [0.5, 0.6) is 0 Å². The first-order chi connectivity index (χ1) is 9.10. The maximum Gasteiger partial charge on any atom is 0.161 e. The second-order valence-electron chi connectivity index (χ2n) is 5.20. The van der Waals surface area contributed by atoms with E-state index in [1.807, 2.05) is 20.2 Å². The lowest BCUT2D eigenvalue weighted by molar-refractivity contribution is -0.117. The first-order valence-electron chi connectivity index (χ1n) is 6.83. The van der Waals surface area contributed by atoms with Crippen molar-refractivity contribution in [1.82, 2.24) is 4.90 Å². The maximum absolute atomic E-state index is 11.9. The highest BCUT2D eigenvalue weighted by Crippen LogP contribution is 2.18. The Morgan fingerprint density at radius 1 is 1.26 bits per heavy atom. The van der Waals surface area contributed by atoms with Crippen LogP contribution in [0.15, 0.2) is 29.8 Å². The van der Waals surface area contributed by atoms with Crippen molar-refractivity contribution in [3.63, 3.8) is 0 Å². The third kappa shape index (κ3) is 3.44. The Balaban J connectivity index is 2.17. The Hall–Kier alpha value is -1.61. The molecule has 0 atom stereocenters. The number of likely N-dealkylation sites (N-methyl/N-ethyl adjacent to an activating group) is 1. The number of Topliss-reactive ketones (excluding diaryl/α,β-unsaturated/α-hetero) is 1. The topological polar surface area (TPSA) is 23.6 Å². The van der Waals surface area contributed by atoms with Crippen molar-refractivity contribution in [3.05, 3.63) is 35.4 Å². The number of ketones is 1. The van der Waals surface area contributed by atoms with Gasteiger partial charge in [0, 0.05) is 44.9 Å². The molecule has 0 aliphatic carbocycles. The van der Waals surface area contributed by atoms with Crippen molar-refractivity contribution in [1.29, 1.82) is 0 Å². The van der Waals surface area contributed by atoms with Gasteiger partial charge in [0.05, 0.1) is 0 Å². The van der Waals surface area contributed by atoms with Crippen LogP contribution in [0.2, 0.25) is 0 Å². The minimum Gasteiger partial charge on any atom is -0.378 e. The van der Waals surface area contributed by atoms with E-state index in [4.69, 9.17) is 0 Å². The number of likely N-dealkylation sites (tertiary alicyclic amines) is 1. The molecule has 1 heterocycles. The van der Waals surface area contributed by atoms with E-state index in [1.54, 1.807) is 0 Å². The number of benzene rings is 1. The molecule has 1 aliphatic heterocycles. The molecule has 19 heavy (non-hydrogen) atoms. The summed E-state index contributed by atoms with van der Waals surface area (Å²) >= 11 is 0. The van der Waals surface area contributed by atoms with Crippen LogP contribution in [-0.4, -0.2) is 44.4 Å². The lowest BCUT2D eigenvalue weighted by atomic mass is 10.0. The fraction of sp³-hybridized carbons (Fsp3) is 0.438. The monoisotopic (exact) mass is 258 g/mol. The molecule has 0 N–H and O–H groups in total. The Morgan fingerprint density at radius 3 is 2.53 bits per heavy atom.